The highest BCUT2D eigenvalue weighted by atomic mass is 16.2. The highest BCUT2D eigenvalue weighted by Gasteiger charge is 2.18. The molecule has 0 aliphatic heterocycles. The molecule has 1 amide bonds. The van der Waals surface area contributed by atoms with E-state index in [4.69, 9.17) is 6.42 Å². The molecule has 0 heterocycles. The van der Waals surface area contributed by atoms with E-state index in [-0.39, 0.29) is 24.0 Å². The molecule has 0 rings (SSSR count). The van der Waals surface area contributed by atoms with Crippen LogP contribution in [0, 0.1) is 12.3 Å². The van der Waals surface area contributed by atoms with Crippen molar-refractivity contribution >= 4 is 5.91 Å². The normalized spacial score (nSPS) is 12.6. The van der Waals surface area contributed by atoms with Gasteiger partial charge in [-0.25, -0.2) is 0 Å². The highest BCUT2D eigenvalue weighted by Crippen LogP contribution is 1.99. The molecule has 0 radical (unpaired) electrons. The van der Waals surface area contributed by atoms with Crippen LogP contribution < -0.4 is 10.6 Å². The average molecular weight is 210 g/mol. The van der Waals surface area contributed by atoms with Crippen LogP contribution in [-0.2, 0) is 4.79 Å². The predicted octanol–water partition coefficient (Wildman–Crippen LogP) is 1.29. The van der Waals surface area contributed by atoms with Gasteiger partial charge in [-0.15, -0.1) is 12.3 Å². The lowest BCUT2D eigenvalue weighted by molar-refractivity contribution is -0.123. The third-order valence-corrected chi connectivity index (χ3v) is 1.86. The van der Waals surface area contributed by atoms with Gasteiger partial charge in [-0.1, -0.05) is 13.8 Å². The Balaban J connectivity index is 4.21. The maximum Gasteiger partial charge on any atom is 0.237 e. The number of carbonyl (C=O) groups is 1. The Labute approximate surface area is 93.0 Å². The van der Waals surface area contributed by atoms with Gasteiger partial charge in [0.2, 0.25) is 5.91 Å². The minimum Gasteiger partial charge on any atom is -0.353 e. The van der Waals surface area contributed by atoms with Crippen LogP contribution >= 0.6 is 0 Å². The molecule has 3 nitrogen and oxygen atoms in total. The van der Waals surface area contributed by atoms with Crippen LogP contribution in [-0.4, -0.2) is 24.0 Å². The zero-order valence-electron chi connectivity index (χ0n) is 10.1. The molecule has 0 fully saturated rings. The second-order valence-electron chi connectivity index (χ2n) is 4.28. The quantitative estimate of drug-likeness (QED) is 0.649. The summed E-state index contributed by atoms with van der Waals surface area (Å²) in [5.41, 5.74) is 0. The van der Waals surface area contributed by atoms with Crippen LogP contribution in [0.4, 0.5) is 0 Å². The van der Waals surface area contributed by atoms with Crippen molar-refractivity contribution in [1.29, 1.82) is 0 Å². The summed E-state index contributed by atoms with van der Waals surface area (Å²) < 4.78 is 0. The molecular formula is C12H22N2O. The van der Waals surface area contributed by atoms with E-state index in [1.807, 2.05) is 27.7 Å². The fraction of sp³-hybridized carbons (Fsp3) is 0.750. The zero-order valence-corrected chi connectivity index (χ0v) is 10.1. The molecule has 0 aliphatic rings. The summed E-state index contributed by atoms with van der Waals surface area (Å²) in [4.78, 5) is 11.8. The highest BCUT2D eigenvalue weighted by molar-refractivity contribution is 5.82. The molecule has 0 aromatic rings. The number of terminal acetylenes is 1. The lowest BCUT2D eigenvalue weighted by Gasteiger charge is -2.21. The topological polar surface area (TPSA) is 41.1 Å². The molecule has 0 aromatic heterocycles. The Bertz CT molecular complexity index is 228. The van der Waals surface area contributed by atoms with Gasteiger partial charge in [-0.2, -0.15) is 0 Å². The third-order valence-electron chi connectivity index (χ3n) is 1.86. The molecular weight excluding hydrogens is 188 g/mol. The summed E-state index contributed by atoms with van der Waals surface area (Å²) in [6, 6.07) is 0.272. The molecule has 0 unspecified atom stereocenters. The summed E-state index contributed by atoms with van der Waals surface area (Å²) in [6.07, 6.45) is 6.51. The largest absolute Gasteiger partial charge is 0.353 e. The van der Waals surface area contributed by atoms with Gasteiger partial charge in [0.1, 0.15) is 0 Å². The van der Waals surface area contributed by atoms with Gasteiger partial charge in [-0.05, 0) is 20.3 Å². The maximum absolute atomic E-state index is 11.8. The van der Waals surface area contributed by atoms with Crippen molar-refractivity contribution < 1.29 is 4.79 Å². The molecule has 86 valence electrons. The van der Waals surface area contributed by atoms with Crippen molar-refractivity contribution in [2.24, 2.45) is 0 Å². The minimum atomic E-state index is -0.177. The van der Waals surface area contributed by atoms with Crippen molar-refractivity contribution in [1.82, 2.24) is 10.6 Å². The maximum atomic E-state index is 11.8. The van der Waals surface area contributed by atoms with Crippen LogP contribution in [0.15, 0.2) is 0 Å². The number of rotatable bonds is 6. The first-order valence-corrected chi connectivity index (χ1v) is 5.47. The monoisotopic (exact) mass is 210 g/mol. The van der Waals surface area contributed by atoms with Gasteiger partial charge in [0.15, 0.2) is 0 Å². The molecule has 15 heavy (non-hydrogen) atoms. The second-order valence-corrected chi connectivity index (χ2v) is 4.28. The smallest absolute Gasteiger partial charge is 0.237 e. The number of nitrogens with one attached hydrogen (secondary N) is 2. The molecule has 0 bridgehead atoms. The second kappa shape index (κ2) is 7.30. The summed E-state index contributed by atoms with van der Waals surface area (Å²) >= 11 is 0. The van der Waals surface area contributed by atoms with E-state index in [0.717, 1.165) is 0 Å². The molecule has 0 saturated carbocycles. The average Bonchev–Trinajstić information content (AvgIpc) is 2.10. The molecule has 0 aliphatic carbocycles. The van der Waals surface area contributed by atoms with E-state index in [2.05, 4.69) is 16.6 Å². The van der Waals surface area contributed by atoms with Crippen LogP contribution in [0.1, 0.15) is 40.5 Å². The number of hydrogen-bond acceptors (Lipinski definition) is 2. The van der Waals surface area contributed by atoms with Gasteiger partial charge in [-0.3, -0.25) is 4.79 Å². The number of hydrogen-bond donors (Lipinski definition) is 2. The third kappa shape index (κ3) is 6.98. The Morgan fingerprint density at radius 2 is 1.87 bits per heavy atom. The molecule has 0 saturated heterocycles. The molecule has 1 atom stereocenters. The van der Waals surface area contributed by atoms with Crippen molar-refractivity contribution in [3.8, 4) is 12.3 Å². The lowest BCUT2D eigenvalue weighted by Crippen LogP contribution is -2.48. The van der Waals surface area contributed by atoms with Gasteiger partial charge in [0.25, 0.3) is 0 Å². The van der Waals surface area contributed by atoms with Crippen LogP contribution in [0.25, 0.3) is 0 Å². The summed E-state index contributed by atoms with van der Waals surface area (Å²) in [6.45, 7) is 7.94. The number of amides is 1. The van der Waals surface area contributed by atoms with E-state index < -0.39 is 0 Å². The summed E-state index contributed by atoms with van der Waals surface area (Å²) in [7, 11) is 0. The van der Waals surface area contributed by atoms with Crippen molar-refractivity contribution in [3.63, 3.8) is 0 Å². The van der Waals surface area contributed by atoms with Crippen LogP contribution in [0.3, 0.4) is 0 Å². The van der Waals surface area contributed by atoms with Gasteiger partial charge >= 0.3 is 0 Å². The Hall–Kier alpha value is -1.01. The summed E-state index contributed by atoms with van der Waals surface area (Å²) in [5, 5.41) is 6.10. The van der Waals surface area contributed by atoms with Crippen LogP contribution in [0.5, 0.6) is 0 Å². The van der Waals surface area contributed by atoms with Gasteiger partial charge in [0, 0.05) is 18.5 Å². The number of carbonyl (C=O) groups excluding carboxylic acids is 1. The minimum absolute atomic E-state index is 0.0361. The SMILES string of the molecule is C#CCC[C@H](NC(C)C)C(=O)NC(C)C. The van der Waals surface area contributed by atoms with E-state index in [1.54, 1.807) is 0 Å². The van der Waals surface area contributed by atoms with Gasteiger partial charge < -0.3 is 10.6 Å². The molecule has 2 N–H and O–H groups in total. The van der Waals surface area contributed by atoms with Crippen molar-refractivity contribution in [2.45, 2.75) is 58.7 Å². The Morgan fingerprint density at radius 3 is 2.27 bits per heavy atom. The molecule has 0 spiro atoms. The van der Waals surface area contributed by atoms with Crippen molar-refractivity contribution in [2.75, 3.05) is 0 Å². The first-order chi connectivity index (χ1) is 6.97. The van der Waals surface area contributed by atoms with Crippen LogP contribution in [0.2, 0.25) is 0 Å². The first-order valence-electron chi connectivity index (χ1n) is 5.47. The first kappa shape index (κ1) is 14.0. The molecule has 3 heteroatoms. The van der Waals surface area contributed by atoms with Gasteiger partial charge in [0.05, 0.1) is 6.04 Å². The van der Waals surface area contributed by atoms with E-state index >= 15 is 0 Å². The van der Waals surface area contributed by atoms with E-state index in [1.165, 1.54) is 0 Å². The Kier molecular flexibility index (Phi) is 6.81. The standard InChI is InChI=1S/C12H22N2O/c1-6-7-8-11(13-9(2)3)12(15)14-10(4)5/h1,9-11,13H,7-8H2,2-5H3,(H,14,15)/t11-/m0/s1. The molecule has 0 aromatic carbocycles. The zero-order chi connectivity index (χ0) is 11.8. The fourth-order valence-electron chi connectivity index (χ4n) is 1.31. The lowest BCUT2D eigenvalue weighted by atomic mass is 10.1. The fourth-order valence-corrected chi connectivity index (χ4v) is 1.31. The summed E-state index contributed by atoms with van der Waals surface area (Å²) in [5.74, 6) is 2.60. The van der Waals surface area contributed by atoms with Crippen molar-refractivity contribution in [3.05, 3.63) is 0 Å². The van der Waals surface area contributed by atoms with E-state index in [0.29, 0.717) is 12.8 Å². The predicted molar refractivity (Wildman–Crippen MR) is 63.4 cm³/mol. The Morgan fingerprint density at radius 1 is 1.27 bits per heavy atom. The van der Waals surface area contributed by atoms with E-state index in [9.17, 15) is 4.79 Å².